The van der Waals surface area contributed by atoms with Crippen molar-refractivity contribution in [2.45, 2.75) is 25.7 Å². The Kier molecular flexibility index (Phi) is 6.27. The molecule has 1 rings (SSSR count). The molecule has 1 atom stereocenters. The molecule has 19 heavy (non-hydrogen) atoms. The molecular weight excluding hydrogens is 266 g/mol. The third kappa shape index (κ3) is 7.15. The number of rotatable bonds is 8. The van der Waals surface area contributed by atoms with Crippen molar-refractivity contribution < 1.29 is 18.1 Å². The van der Waals surface area contributed by atoms with Crippen LogP contribution in [0.25, 0.3) is 0 Å². The molecule has 0 heterocycles. The summed E-state index contributed by atoms with van der Waals surface area (Å²) in [4.78, 5) is 0. The summed E-state index contributed by atoms with van der Waals surface area (Å²) in [6.45, 7) is 0.504. The van der Waals surface area contributed by atoms with Gasteiger partial charge in [-0.05, 0) is 55.8 Å². The largest absolute Gasteiger partial charge is 0.508 e. The zero-order valence-electron chi connectivity index (χ0n) is 10.8. The second-order valence-electron chi connectivity index (χ2n) is 4.74. The fraction of sp³-hybridized carbons (Fsp3) is 0.538. The van der Waals surface area contributed by atoms with Gasteiger partial charge in [-0.2, -0.15) is 8.42 Å². The van der Waals surface area contributed by atoms with E-state index in [1.165, 1.54) is 0 Å². The standard InChI is InChI=1S/C13H21NO4S/c14-10-12(2-1-9-19(16,17)18)4-3-11-5-7-13(15)8-6-11/h5-8,12,15H,1-4,9-10,14H2,(H,16,17,18). The quantitative estimate of drug-likeness (QED) is 0.630. The highest BCUT2D eigenvalue weighted by Gasteiger charge is 2.10. The fourth-order valence-electron chi connectivity index (χ4n) is 1.97. The van der Waals surface area contributed by atoms with Gasteiger partial charge in [-0.1, -0.05) is 12.1 Å². The molecule has 1 aromatic rings. The highest BCUT2D eigenvalue weighted by molar-refractivity contribution is 7.85. The molecule has 5 nitrogen and oxygen atoms in total. The maximum absolute atomic E-state index is 10.6. The maximum Gasteiger partial charge on any atom is 0.264 e. The Balaban J connectivity index is 2.34. The van der Waals surface area contributed by atoms with Crippen LogP contribution in [0.4, 0.5) is 0 Å². The Morgan fingerprint density at radius 2 is 1.79 bits per heavy atom. The third-order valence-electron chi connectivity index (χ3n) is 3.13. The zero-order valence-corrected chi connectivity index (χ0v) is 11.6. The molecule has 4 N–H and O–H groups in total. The smallest absolute Gasteiger partial charge is 0.264 e. The Bertz CT molecular complexity index is 470. The van der Waals surface area contributed by atoms with Crippen molar-refractivity contribution in [3.8, 4) is 5.75 Å². The number of hydrogen-bond donors (Lipinski definition) is 3. The number of phenols is 1. The molecule has 0 bridgehead atoms. The van der Waals surface area contributed by atoms with Crippen LogP contribution in [-0.4, -0.2) is 30.4 Å². The molecule has 0 spiro atoms. The van der Waals surface area contributed by atoms with Crippen molar-refractivity contribution >= 4 is 10.1 Å². The molecule has 0 aromatic heterocycles. The van der Waals surface area contributed by atoms with Gasteiger partial charge in [-0.15, -0.1) is 0 Å². The first-order valence-corrected chi connectivity index (χ1v) is 7.95. The van der Waals surface area contributed by atoms with E-state index in [2.05, 4.69) is 0 Å². The van der Waals surface area contributed by atoms with Crippen molar-refractivity contribution in [1.82, 2.24) is 0 Å². The van der Waals surface area contributed by atoms with Crippen molar-refractivity contribution in [3.63, 3.8) is 0 Å². The molecule has 0 saturated heterocycles. The van der Waals surface area contributed by atoms with Crippen LogP contribution in [-0.2, 0) is 16.5 Å². The monoisotopic (exact) mass is 287 g/mol. The Labute approximate surface area is 114 Å². The number of nitrogens with two attached hydrogens (primary N) is 1. The number of benzene rings is 1. The van der Waals surface area contributed by atoms with Gasteiger partial charge in [-0.3, -0.25) is 4.55 Å². The van der Waals surface area contributed by atoms with Crippen LogP contribution in [0.3, 0.4) is 0 Å². The average molecular weight is 287 g/mol. The van der Waals surface area contributed by atoms with Crippen molar-refractivity contribution in [2.24, 2.45) is 11.7 Å². The van der Waals surface area contributed by atoms with E-state index in [1.807, 2.05) is 12.1 Å². The molecular formula is C13H21NO4S. The van der Waals surface area contributed by atoms with Crippen molar-refractivity contribution in [3.05, 3.63) is 29.8 Å². The maximum atomic E-state index is 10.6. The first-order valence-electron chi connectivity index (χ1n) is 6.34. The van der Waals surface area contributed by atoms with E-state index in [0.717, 1.165) is 18.4 Å². The SMILES string of the molecule is NCC(CCCS(=O)(=O)O)CCc1ccc(O)cc1. The molecule has 0 aliphatic heterocycles. The number of phenolic OH excluding ortho intramolecular Hbond substituents is 1. The lowest BCUT2D eigenvalue weighted by molar-refractivity contribution is 0.443. The zero-order chi connectivity index (χ0) is 14.3. The summed E-state index contributed by atoms with van der Waals surface area (Å²) in [5, 5.41) is 9.17. The third-order valence-corrected chi connectivity index (χ3v) is 3.93. The second-order valence-corrected chi connectivity index (χ2v) is 6.31. The summed E-state index contributed by atoms with van der Waals surface area (Å²) in [7, 11) is -3.87. The second kappa shape index (κ2) is 7.47. The highest BCUT2D eigenvalue weighted by Crippen LogP contribution is 2.16. The number of hydrogen-bond acceptors (Lipinski definition) is 4. The molecule has 108 valence electrons. The molecule has 6 heteroatoms. The molecule has 0 saturated carbocycles. The van der Waals surface area contributed by atoms with Crippen molar-refractivity contribution in [1.29, 1.82) is 0 Å². The predicted molar refractivity (Wildman–Crippen MR) is 74.6 cm³/mol. The molecule has 0 aliphatic carbocycles. The summed E-state index contributed by atoms with van der Waals surface area (Å²) >= 11 is 0. The van der Waals surface area contributed by atoms with E-state index in [1.54, 1.807) is 12.1 Å². The first kappa shape index (κ1) is 15.9. The number of aryl methyl sites for hydroxylation is 1. The van der Waals surface area contributed by atoms with Gasteiger partial charge in [0.1, 0.15) is 5.75 Å². The molecule has 0 aliphatic rings. The van der Waals surface area contributed by atoms with E-state index in [9.17, 15) is 13.5 Å². The number of aromatic hydroxyl groups is 1. The predicted octanol–water partition coefficient (Wildman–Crippen LogP) is 1.57. The first-order chi connectivity index (χ1) is 8.90. The van der Waals surface area contributed by atoms with Crippen LogP contribution >= 0.6 is 0 Å². The van der Waals surface area contributed by atoms with Crippen LogP contribution < -0.4 is 5.73 Å². The molecule has 0 fully saturated rings. The minimum atomic E-state index is -3.87. The summed E-state index contributed by atoms with van der Waals surface area (Å²) in [5.74, 6) is 0.283. The van der Waals surface area contributed by atoms with Gasteiger partial charge in [0.05, 0.1) is 5.75 Å². The fourth-order valence-corrected chi connectivity index (χ4v) is 2.50. The summed E-state index contributed by atoms with van der Waals surface area (Å²) in [6.07, 6.45) is 2.82. The minimum absolute atomic E-state index is 0.206. The highest BCUT2D eigenvalue weighted by atomic mass is 32.2. The normalized spacial score (nSPS) is 13.4. The summed E-state index contributed by atoms with van der Waals surface area (Å²) in [5.41, 5.74) is 6.78. The molecule has 0 radical (unpaired) electrons. The van der Waals surface area contributed by atoms with Gasteiger partial charge in [-0.25, -0.2) is 0 Å². The van der Waals surface area contributed by atoms with Gasteiger partial charge < -0.3 is 10.8 Å². The van der Waals surface area contributed by atoms with E-state index >= 15 is 0 Å². The average Bonchev–Trinajstić information content (AvgIpc) is 2.34. The minimum Gasteiger partial charge on any atom is -0.508 e. The Hall–Kier alpha value is -1.11. The van der Waals surface area contributed by atoms with Gasteiger partial charge in [0.25, 0.3) is 10.1 Å². The van der Waals surface area contributed by atoms with E-state index in [4.69, 9.17) is 10.3 Å². The lowest BCUT2D eigenvalue weighted by atomic mass is 9.95. The van der Waals surface area contributed by atoms with E-state index in [-0.39, 0.29) is 17.4 Å². The van der Waals surface area contributed by atoms with Crippen LogP contribution in [0.5, 0.6) is 5.75 Å². The summed E-state index contributed by atoms with van der Waals surface area (Å²) < 4.78 is 29.9. The van der Waals surface area contributed by atoms with Crippen molar-refractivity contribution in [2.75, 3.05) is 12.3 Å². The molecule has 1 aromatic carbocycles. The molecule has 1 unspecified atom stereocenters. The summed E-state index contributed by atoms with van der Waals surface area (Å²) in [6, 6.07) is 7.01. The lowest BCUT2D eigenvalue weighted by Gasteiger charge is -2.14. The Morgan fingerprint density at radius 3 is 2.32 bits per heavy atom. The van der Waals surface area contributed by atoms with Crippen LogP contribution in [0, 0.1) is 5.92 Å². The van der Waals surface area contributed by atoms with E-state index in [0.29, 0.717) is 19.4 Å². The van der Waals surface area contributed by atoms with Crippen LogP contribution in [0.1, 0.15) is 24.8 Å². The van der Waals surface area contributed by atoms with Crippen LogP contribution in [0.2, 0.25) is 0 Å². The van der Waals surface area contributed by atoms with Gasteiger partial charge in [0.2, 0.25) is 0 Å². The lowest BCUT2D eigenvalue weighted by Crippen LogP contribution is -2.16. The molecule has 0 amide bonds. The van der Waals surface area contributed by atoms with E-state index < -0.39 is 10.1 Å². The van der Waals surface area contributed by atoms with Gasteiger partial charge in [0.15, 0.2) is 0 Å². The Morgan fingerprint density at radius 1 is 1.16 bits per heavy atom. The van der Waals surface area contributed by atoms with Crippen LogP contribution in [0.15, 0.2) is 24.3 Å². The van der Waals surface area contributed by atoms with Gasteiger partial charge >= 0.3 is 0 Å². The topological polar surface area (TPSA) is 101 Å². The van der Waals surface area contributed by atoms with Gasteiger partial charge in [0, 0.05) is 0 Å².